The van der Waals surface area contributed by atoms with E-state index in [1.54, 1.807) is 0 Å². The molecule has 0 aliphatic carbocycles. The third-order valence-corrected chi connectivity index (χ3v) is 2.54. The van der Waals surface area contributed by atoms with Crippen LogP contribution in [0.4, 0.5) is 0 Å². The second-order valence-electron chi connectivity index (χ2n) is 3.95. The number of hydrogen-bond acceptors (Lipinski definition) is 3. The van der Waals surface area contributed by atoms with Crippen LogP contribution in [0, 0.1) is 0 Å². The van der Waals surface area contributed by atoms with E-state index in [4.69, 9.17) is 4.74 Å². The molecule has 0 aromatic heterocycles. The van der Waals surface area contributed by atoms with Gasteiger partial charge in [0, 0.05) is 19.7 Å². The number of nitrogens with one attached hydrogen (secondary N) is 2. The van der Waals surface area contributed by atoms with Gasteiger partial charge in [-0.05, 0) is 19.3 Å². The van der Waals surface area contributed by atoms with Gasteiger partial charge in [0.1, 0.15) is 0 Å². The van der Waals surface area contributed by atoms with E-state index in [0.29, 0.717) is 13.1 Å². The number of ether oxygens (including phenoxy) is 1. The van der Waals surface area contributed by atoms with Crippen molar-refractivity contribution < 1.29 is 14.3 Å². The van der Waals surface area contributed by atoms with Crippen molar-refractivity contribution in [1.29, 1.82) is 0 Å². The van der Waals surface area contributed by atoms with Crippen LogP contribution >= 0.6 is 0 Å². The molecule has 2 amide bonds. The molecule has 5 heteroatoms. The molecule has 2 N–H and O–H groups in total. The van der Waals surface area contributed by atoms with Crippen molar-refractivity contribution in [2.75, 3.05) is 19.7 Å². The first-order valence-electron chi connectivity index (χ1n) is 5.91. The van der Waals surface area contributed by atoms with Crippen molar-refractivity contribution in [2.24, 2.45) is 0 Å². The molecule has 1 aliphatic heterocycles. The molecule has 0 radical (unpaired) electrons. The Labute approximate surface area is 95.9 Å². The summed E-state index contributed by atoms with van der Waals surface area (Å²) in [6, 6.07) is 0. The van der Waals surface area contributed by atoms with Crippen LogP contribution in [0.1, 0.15) is 32.6 Å². The van der Waals surface area contributed by atoms with E-state index in [0.717, 1.165) is 32.3 Å². The lowest BCUT2D eigenvalue weighted by Gasteiger charge is -2.10. The zero-order chi connectivity index (χ0) is 11.8. The molecule has 92 valence electrons. The van der Waals surface area contributed by atoms with Gasteiger partial charge >= 0.3 is 11.8 Å². The Hall–Kier alpha value is -1.10. The Balaban J connectivity index is 2.10. The lowest BCUT2D eigenvalue weighted by Crippen LogP contribution is -2.42. The molecule has 0 unspecified atom stereocenters. The van der Waals surface area contributed by atoms with E-state index in [-0.39, 0.29) is 6.10 Å². The SMILES string of the molecule is CCCCNC(=O)C(=O)NC[C@@H]1CCCO1. The number of carbonyl (C=O) groups excluding carboxylic acids is 2. The predicted molar refractivity (Wildman–Crippen MR) is 59.9 cm³/mol. The van der Waals surface area contributed by atoms with Gasteiger partial charge in [-0.25, -0.2) is 0 Å². The maximum absolute atomic E-state index is 11.3. The van der Waals surface area contributed by atoms with Crippen molar-refractivity contribution in [3.8, 4) is 0 Å². The Morgan fingerprint density at radius 1 is 1.31 bits per heavy atom. The van der Waals surface area contributed by atoms with Crippen molar-refractivity contribution >= 4 is 11.8 Å². The lowest BCUT2D eigenvalue weighted by atomic mass is 10.2. The molecule has 0 saturated carbocycles. The largest absolute Gasteiger partial charge is 0.376 e. The first-order chi connectivity index (χ1) is 7.74. The van der Waals surface area contributed by atoms with Gasteiger partial charge in [-0.1, -0.05) is 13.3 Å². The quantitative estimate of drug-likeness (QED) is 0.521. The van der Waals surface area contributed by atoms with E-state index in [1.807, 2.05) is 6.92 Å². The van der Waals surface area contributed by atoms with E-state index in [9.17, 15) is 9.59 Å². The highest BCUT2D eigenvalue weighted by Crippen LogP contribution is 2.10. The van der Waals surface area contributed by atoms with E-state index < -0.39 is 11.8 Å². The average Bonchev–Trinajstić information content (AvgIpc) is 2.79. The monoisotopic (exact) mass is 228 g/mol. The van der Waals surface area contributed by atoms with Crippen molar-refractivity contribution in [3.05, 3.63) is 0 Å². The maximum Gasteiger partial charge on any atom is 0.309 e. The predicted octanol–water partition coefficient (Wildman–Crippen LogP) is 0.198. The summed E-state index contributed by atoms with van der Waals surface area (Å²) >= 11 is 0. The molecule has 0 bridgehead atoms. The third kappa shape index (κ3) is 4.61. The molecule has 0 aromatic carbocycles. The van der Waals surface area contributed by atoms with Crippen molar-refractivity contribution in [3.63, 3.8) is 0 Å². The Bertz CT molecular complexity index is 237. The topological polar surface area (TPSA) is 67.4 Å². The number of unbranched alkanes of at least 4 members (excludes halogenated alkanes) is 1. The molecule has 16 heavy (non-hydrogen) atoms. The zero-order valence-electron chi connectivity index (χ0n) is 9.75. The Morgan fingerprint density at radius 3 is 2.69 bits per heavy atom. The molecule has 0 spiro atoms. The minimum atomic E-state index is -0.563. The Kier molecular flexibility index (Phi) is 5.85. The van der Waals surface area contributed by atoms with Gasteiger partial charge in [-0.15, -0.1) is 0 Å². The summed E-state index contributed by atoms with van der Waals surface area (Å²) in [4.78, 5) is 22.6. The van der Waals surface area contributed by atoms with E-state index in [2.05, 4.69) is 10.6 Å². The maximum atomic E-state index is 11.3. The molecule has 5 nitrogen and oxygen atoms in total. The van der Waals surface area contributed by atoms with Gasteiger partial charge in [-0.3, -0.25) is 9.59 Å². The highest BCUT2D eigenvalue weighted by Gasteiger charge is 2.18. The number of amides is 2. The van der Waals surface area contributed by atoms with Crippen LogP contribution in [0.3, 0.4) is 0 Å². The molecular formula is C11H20N2O3. The van der Waals surface area contributed by atoms with Crippen LogP contribution in [0.25, 0.3) is 0 Å². The summed E-state index contributed by atoms with van der Waals surface area (Å²) in [5, 5.41) is 5.14. The zero-order valence-corrected chi connectivity index (χ0v) is 9.75. The van der Waals surface area contributed by atoms with Crippen LogP contribution in [0.2, 0.25) is 0 Å². The highest BCUT2D eigenvalue weighted by atomic mass is 16.5. The third-order valence-electron chi connectivity index (χ3n) is 2.54. The molecule has 1 atom stereocenters. The van der Waals surface area contributed by atoms with Gasteiger partial charge in [0.25, 0.3) is 0 Å². The van der Waals surface area contributed by atoms with Gasteiger partial charge < -0.3 is 15.4 Å². The van der Waals surface area contributed by atoms with Gasteiger partial charge in [0.2, 0.25) is 0 Å². The summed E-state index contributed by atoms with van der Waals surface area (Å²) < 4.78 is 5.34. The Morgan fingerprint density at radius 2 is 2.06 bits per heavy atom. The van der Waals surface area contributed by atoms with Crippen molar-refractivity contribution in [1.82, 2.24) is 10.6 Å². The molecule has 0 aromatic rings. The minimum Gasteiger partial charge on any atom is -0.376 e. The molecule has 1 aliphatic rings. The van der Waals surface area contributed by atoms with Gasteiger partial charge in [0.15, 0.2) is 0 Å². The number of carbonyl (C=O) groups is 2. The average molecular weight is 228 g/mol. The van der Waals surface area contributed by atoms with Crippen LogP contribution in [0.5, 0.6) is 0 Å². The number of rotatable bonds is 5. The van der Waals surface area contributed by atoms with E-state index in [1.165, 1.54) is 0 Å². The van der Waals surface area contributed by atoms with Gasteiger partial charge in [0.05, 0.1) is 6.10 Å². The minimum absolute atomic E-state index is 0.0763. The van der Waals surface area contributed by atoms with Crippen molar-refractivity contribution in [2.45, 2.75) is 38.7 Å². The second kappa shape index (κ2) is 7.22. The van der Waals surface area contributed by atoms with Crippen LogP contribution in [0.15, 0.2) is 0 Å². The smallest absolute Gasteiger partial charge is 0.309 e. The normalized spacial score (nSPS) is 19.4. The number of hydrogen-bond donors (Lipinski definition) is 2. The summed E-state index contributed by atoms with van der Waals surface area (Å²) in [6.07, 6.45) is 3.95. The fourth-order valence-electron chi connectivity index (χ4n) is 1.55. The lowest BCUT2D eigenvalue weighted by molar-refractivity contribution is -0.139. The molecule has 1 saturated heterocycles. The summed E-state index contributed by atoms with van der Waals surface area (Å²) in [5.41, 5.74) is 0. The fourth-order valence-corrected chi connectivity index (χ4v) is 1.55. The first kappa shape index (κ1) is 13.0. The fraction of sp³-hybridized carbons (Fsp3) is 0.818. The van der Waals surface area contributed by atoms with Gasteiger partial charge in [-0.2, -0.15) is 0 Å². The molecular weight excluding hydrogens is 208 g/mol. The summed E-state index contributed by atoms with van der Waals surface area (Å²) in [6.45, 7) is 3.77. The van der Waals surface area contributed by atoms with Crippen LogP contribution < -0.4 is 10.6 Å². The van der Waals surface area contributed by atoms with Crippen LogP contribution in [-0.4, -0.2) is 37.6 Å². The highest BCUT2D eigenvalue weighted by molar-refractivity contribution is 6.35. The summed E-state index contributed by atoms with van der Waals surface area (Å²) in [7, 11) is 0. The molecule has 1 rings (SSSR count). The standard InChI is InChI=1S/C11H20N2O3/c1-2-3-6-12-10(14)11(15)13-8-9-5-4-7-16-9/h9H,2-8H2,1H3,(H,12,14)(H,13,15)/t9-/m0/s1. The van der Waals surface area contributed by atoms with Crippen LogP contribution in [-0.2, 0) is 14.3 Å². The van der Waals surface area contributed by atoms with E-state index >= 15 is 0 Å². The second-order valence-corrected chi connectivity index (χ2v) is 3.95. The molecule has 1 heterocycles. The summed E-state index contributed by atoms with van der Waals surface area (Å²) in [5.74, 6) is -1.11. The first-order valence-corrected chi connectivity index (χ1v) is 5.91. The molecule has 1 fully saturated rings.